The second-order valence-corrected chi connectivity index (χ2v) is 10.4. The van der Waals surface area contributed by atoms with Crippen molar-refractivity contribution < 1.29 is 57.5 Å². The minimum atomic E-state index is -1.41. The third-order valence-corrected chi connectivity index (χ3v) is 6.57. The Bertz CT molecular complexity index is 1180. The van der Waals surface area contributed by atoms with Crippen LogP contribution in [0.25, 0.3) is 11.1 Å². The summed E-state index contributed by atoms with van der Waals surface area (Å²) in [5.41, 5.74) is 23.9. The van der Waals surface area contributed by atoms with Crippen molar-refractivity contribution in [2.24, 2.45) is 17.2 Å². The molecule has 0 aliphatic carbocycles. The van der Waals surface area contributed by atoms with Crippen LogP contribution >= 0.6 is 0 Å². The molecule has 4 atom stereocenters. The summed E-state index contributed by atoms with van der Waals surface area (Å²) in [5.74, 6) is -5.48. The molecule has 2 aromatic rings. The zero-order valence-corrected chi connectivity index (χ0v) is 27.6. The van der Waals surface area contributed by atoms with Gasteiger partial charge in [0.05, 0.1) is 42.6 Å². The van der Waals surface area contributed by atoms with Gasteiger partial charge in [0.25, 0.3) is 0 Å². The van der Waals surface area contributed by atoms with E-state index in [4.69, 9.17) is 22.9 Å². The standard InChI is InChI=1S/C14H24N6O4.C14H23N6O4.Cu/c2*15-4-2-1-3-10(14(23)24)20-13(22)11(19-12(21)6-16)5-9-7-17-8-18-9;/h7-8,10-11H,1-6,15-16H2,(H4,17,18,19,20,21,22,23,24);7-8,10-11,16H,1-6,15H2,(H4,17,18,19,20,21,22,23,24);/q;-1;+2/p-3. The zero-order chi connectivity index (χ0) is 35.9. The Morgan fingerprint density at radius 1 is 0.857 bits per heavy atom. The molecule has 2 aromatic heterocycles. The smallest absolute Gasteiger partial charge is 0.673 e. The van der Waals surface area contributed by atoms with Crippen LogP contribution in [-0.4, -0.2) is 101 Å². The quantitative estimate of drug-likeness (QED) is 0.0440. The average Bonchev–Trinajstić information content (AvgIpc) is 3.78. The van der Waals surface area contributed by atoms with E-state index in [9.17, 15) is 39.0 Å². The molecule has 0 aromatic carbocycles. The Morgan fingerprint density at radius 2 is 1.45 bits per heavy atom. The van der Waals surface area contributed by atoms with E-state index in [0.717, 1.165) is 0 Å². The molecule has 2 heterocycles. The second kappa shape index (κ2) is 25.6. The van der Waals surface area contributed by atoms with Crippen molar-refractivity contribution in [3.05, 3.63) is 47.5 Å². The number of aliphatic carboxylic acids is 2. The molecule has 0 fully saturated rings. The second-order valence-electron chi connectivity index (χ2n) is 10.4. The van der Waals surface area contributed by atoms with Crippen LogP contribution in [0, 0.1) is 0 Å². The molecule has 0 saturated carbocycles. The van der Waals surface area contributed by atoms with Crippen LogP contribution in [0.3, 0.4) is 0 Å². The number of hydrogen-bond acceptors (Lipinski definition) is 13. The molecule has 277 valence electrons. The fraction of sp³-hybridized carbons (Fsp3) is 0.571. The molecule has 21 heteroatoms. The van der Waals surface area contributed by atoms with E-state index in [-0.39, 0.29) is 50.7 Å². The first-order valence-electron chi connectivity index (χ1n) is 15.1. The number of aromatic amines is 1. The maximum absolute atomic E-state index is 12.3. The molecule has 4 unspecified atom stereocenters. The summed E-state index contributed by atoms with van der Waals surface area (Å²) in [5, 5.41) is 33.1. The van der Waals surface area contributed by atoms with E-state index < -0.39 is 66.3 Å². The molecule has 4 amide bonds. The molecule has 2 rings (SSSR count). The van der Waals surface area contributed by atoms with Gasteiger partial charge in [-0.05, 0) is 70.5 Å². The van der Waals surface area contributed by atoms with Gasteiger partial charge in [-0.2, -0.15) is 0 Å². The van der Waals surface area contributed by atoms with E-state index in [2.05, 4.69) is 41.2 Å². The third kappa shape index (κ3) is 18.7. The average molecular weight is 740 g/mol. The molecular formula is C28H44CuN12O8-2. The van der Waals surface area contributed by atoms with Gasteiger partial charge < -0.3 is 83.8 Å². The largest absolute Gasteiger partial charge is 2.00 e. The van der Waals surface area contributed by atoms with Crippen molar-refractivity contribution in [3.8, 4) is 0 Å². The number of unbranched alkanes of at least 4 members (excludes halogenated alkanes) is 2. The molecule has 1 radical (unpaired) electrons. The molecule has 49 heavy (non-hydrogen) atoms. The number of carbonyl (C=O) groups is 6. The number of imidazole rings is 2. The van der Waals surface area contributed by atoms with Crippen LogP contribution in [0.4, 0.5) is 0 Å². The fourth-order valence-corrected chi connectivity index (χ4v) is 4.08. The van der Waals surface area contributed by atoms with Gasteiger partial charge in [0.15, 0.2) is 0 Å². The van der Waals surface area contributed by atoms with Gasteiger partial charge in [-0.1, -0.05) is 18.2 Å². The van der Waals surface area contributed by atoms with E-state index >= 15 is 0 Å². The molecule has 0 bridgehead atoms. The Labute approximate surface area is 295 Å². The predicted molar refractivity (Wildman–Crippen MR) is 167 cm³/mol. The number of carboxylic acid groups (broad SMARTS) is 2. The summed E-state index contributed by atoms with van der Waals surface area (Å²) < 4.78 is 0. The van der Waals surface area contributed by atoms with Crippen LogP contribution in [0.5, 0.6) is 0 Å². The molecule has 20 nitrogen and oxygen atoms in total. The maximum atomic E-state index is 12.3. The monoisotopic (exact) mass is 739 g/mol. The number of rotatable bonds is 22. The minimum Gasteiger partial charge on any atom is -0.673 e. The van der Waals surface area contributed by atoms with Crippen LogP contribution in [0.2, 0.25) is 0 Å². The van der Waals surface area contributed by atoms with Crippen molar-refractivity contribution in [2.75, 3.05) is 26.2 Å². The normalized spacial score (nSPS) is 12.8. The number of hydrogen-bond donors (Lipinski definition) is 7. The van der Waals surface area contributed by atoms with Gasteiger partial charge in [-0.3, -0.25) is 14.4 Å². The van der Waals surface area contributed by atoms with Gasteiger partial charge in [0, 0.05) is 12.1 Å². The number of aromatic nitrogens is 4. The Kier molecular flexibility index (Phi) is 23.3. The molecule has 0 spiro atoms. The summed E-state index contributed by atoms with van der Waals surface area (Å²) >= 11 is 0. The van der Waals surface area contributed by atoms with Crippen LogP contribution in [0.15, 0.2) is 25.0 Å². The van der Waals surface area contributed by atoms with E-state index in [1.165, 1.54) is 18.9 Å². The van der Waals surface area contributed by atoms with Crippen LogP contribution in [-0.2, 0) is 58.7 Å². The first-order valence-corrected chi connectivity index (χ1v) is 15.1. The van der Waals surface area contributed by atoms with Gasteiger partial charge >= 0.3 is 18.5 Å². The Balaban J connectivity index is 0. The summed E-state index contributed by atoms with van der Waals surface area (Å²) in [6, 6.07) is -4.50. The van der Waals surface area contributed by atoms with Crippen LogP contribution in [0.1, 0.15) is 51.3 Å². The molecule has 0 aliphatic rings. The number of nitrogens with zero attached hydrogens (tertiary/aromatic N) is 4. The van der Waals surface area contributed by atoms with Crippen molar-refractivity contribution in [1.29, 1.82) is 0 Å². The topological polar surface area (TPSA) is 356 Å². The molecular weight excluding hydrogens is 696 g/mol. The fourth-order valence-electron chi connectivity index (χ4n) is 4.08. The van der Waals surface area contributed by atoms with Gasteiger partial charge in [-0.15, -0.1) is 6.54 Å². The number of H-pyrrole nitrogens is 1. The van der Waals surface area contributed by atoms with E-state index in [1.807, 2.05) is 0 Å². The Hall–Kier alpha value is -4.40. The SMILES string of the molecule is NCCCCC(NC(=O)C(Cc1c[n-]cn1)NC(=O)CN)C(=O)[O-].[Cu+2].[H+].[NH-]CC(=O)[N-]C(Cc1c[nH]cn1)C(=O)NC(CCCCN)C(=O)[O-]. The summed E-state index contributed by atoms with van der Waals surface area (Å²) in [6.45, 7) is -0.0387. The van der Waals surface area contributed by atoms with Crippen LogP contribution < -0.4 is 48.3 Å². The number of amides is 4. The van der Waals surface area contributed by atoms with E-state index in [0.29, 0.717) is 50.2 Å². The van der Waals surface area contributed by atoms with Gasteiger partial charge in [-0.25, -0.2) is 4.98 Å². The number of carbonyl (C=O) groups excluding carboxylic acids is 6. The summed E-state index contributed by atoms with van der Waals surface area (Å²) in [4.78, 5) is 84.2. The molecule has 0 saturated heterocycles. The first-order chi connectivity index (χ1) is 22.9. The number of nitrogens with one attached hydrogen (secondary N) is 5. The minimum absolute atomic E-state index is 0. The zero-order valence-electron chi connectivity index (χ0n) is 27.7. The maximum Gasteiger partial charge on any atom is 2.00 e. The predicted octanol–water partition coefficient (Wildman–Crippen LogP) is -4.86. The Morgan fingerprint density at radius 3 is 1.90 bits per heavy atom. The van der Waals surface area contributed by atoms with Gasteiger partial charge in [0.1, 0.15) is 6.04 Å². The molecule has 11 N–H and O–H groups in total. The third-order valence-electron chi connectivity index (χ3n) is 6.57. The van der Waals surface area contributed by atoms with Gasteiger partial charge in [0.2, 0.25) is 17.7 Å². The number of carboxylic acids is 2. The molecule has 0 aliphatic heterocycles. The summed E-state index contributed by atoms with van der Waals surface area (Å²) in [6.07, 6.45) is 8.47. The number of nitrogens with two attached hydrogens (primary N) is 3. The van der Waals surface area contributed by atoms with Crippen molar-refractivity contribution in [3.63, 3.8) is 0 Å². The van der Waals surface area contributed by atoms with Crippen molar-refractivity contribution in [1.82, 2.24) is 35.9 Å². The van der Waals surface area contributed by atoms with E-state index in [1.54, 1.807) is 6.20 Å². The van der Waals surface area contributed by atoms with Crippen molar-refractivity contribution >= 4 is 35.6 Å². The first kappa shape index (κ1) is 44.6. The summed E-state index contributed by atoms with van der Waals surface area (Å²) in [7, 11) is 0. The van der Waals surface area contributed by atoms with Crippen molar-refractivity contribution in [2.45, 2.75) is 75.5 Å².